The Morgan fingerprint density at radius 1 is 1.17 bits per heavy atom. The van der Waals surface area contributed by atoms with Crippen LogP contribution in [-0.4, -0.2) is 24.0 Å². The van der Waals surface area contributed by atoms with E-state index in [2.05, 4.69) is 53.5 Å². The lowest BCUT2D eigenvalue weighted by Gasteiger charge is -2.10. The molecule has 2 aromatic rings. The Hall–Kier alpha value is -0.670. The van der Waals surface area contributed by atoms with Crippen molar-refractivity contribution in [1.82, 2.24) is 15.6 Å². The molecule has 2 aromatic heterocycles. The molecule has 0 amide bonds. The molecule has 7 heteroatoms. The SMILES string of the molecule is CCNC(=NCc1ccc(CC)s1)NCCc1ncc(C)s1.I. The molecule has 0 saturated heterocycles. The van der Waals surface area contributed by atoms with Crippen LogP contribution in [0.4, 0.5) is 0 Å². The van der Waals surface area contributed by atoms with Crippen molar-refractivity contribution >= 4 is 52.6 Å². The quantitative estimate of drug-likeness (QED) is 0.370. The molecule has 0 bridgehead atoms. The topological polar surface area (TPSA) is 49.3 Å². The third-order valence-electron chi connectivity index (χ3n) is 3.10. The smallest absolute Gasteiger partial charge is 0.191 e. The maximum atomic E-state index is 4.66. The lowest BCUT2D eigenvalue weighted by molar-refractivity contribution is 0.797. The molecule has 4 nitrogen and oxygen atoms in total. The number of hydrogen-bond acceptors (Lipinski definition) is 4. The van der Waals surface area contributed by atoms with Gasteiger partial charge in [-0.15, -0.1) is 46.7 Å². The number of nitrogens with zero attached hydrogens (tertiary/aromatic N) is 2. The fraction of sp³-hybridized carbons (Fsp3) is 0.500. The Morgan fingerprint density at radius 3 is 2.57 bits per heavy atom. The standard InChI is InChI=1S/C16H24N4S2.HI/c1-4-13-6-7-14(22-13)11-20-16(17-5-2)18-9-8-15-19-10-12(3)21-15;/h6-7,10H,4-5,8-9,11H2,1-3H3,(H2,17,18,20);1H. The largest absolute Gasteiger partial charge is 0.357 e. The number of thiazole rings is 1. The van der Waals surface area contributed by atoms with Gasteiger partial charge in [-0.3, -0.25) is 0 Å². The minimum absolute atomic E-state index is 0. The average molecular weight is 464 g/mol. The van der Waals surface area contributed by atoms with Gasteiger partial charge in [-0.1, -0.05) is 6.92 Å². The molecule has 0 aliphatic rings. The van der Waals surface area contributed by atoms with Crippen LogP contribution in [0.15, 0.2) is 23.3 Å². The first-order valence-corrected chi connectivity index (χ1v) is 9.35. The zero-order valence-electron chi connectivity index (χ0n) is 13.9. The van der Waals surface area contributed by atoms with Gasteiger partial charge >= 0.3 is 0 Å². The monoisotopic (exact) mass is 464 g/mol. The minimum Gasteiger partial charge on any atom is -0.357 e. The van der Waals surface area contributed by atoms with Crippen LogP contribution in [0.25, 0.3) is 0 Å². The van der Waals surface area contributed by atoms with Crippen LogP contribution in [0.5, 0.6) is 0 Å². The molecule has 2 rings (SSSR count). The van der Waals surface area contributed by atoms with Crippen molar-refractivity contribution < 1.29 is 0 Å². The fourth-order valence-corrected chi connectivity index (χ4v) is 3.67. The summed E-state index contributed by atoms with van der Waals surface area (Å²) in [4.78, 5) is 13.0. The number of aromatic nitrogens is 1. The van der Waals surface area contributed by atoms with Gasteiger partial charge in [-0.25, -0.2) is 9.98 Å². The molecule has 0 aliphatic heterocycles. The molecule has 128 valence electrons. The highest BCUT2D eigenvalue weighted by atomic mass is 127. The molecule has 0 unspecified atom stereocenters. The molecule has 0 aromatic carbocycles. The second-order valence-electron chi connectivity index (χ2n) is 4.96. The van der Waals surface area contributed by atoms with Gasteiger partial charge in [0.05, 0.1) is 11.6 Å². The number of nitrogens with one attached hydrogen (secondary N) is 2. The summed E-state index contributed by atoms with van der Waals surface area (Å²) in [7, 11) is 0. The van der Waals surface area contributed by atoms with Gasteiger partial charge in [-0.05, 0) is 32.4 Å². The zero-order chi connectivity index (χ0) is 15.8. The van der Waals surface area contributed by atoms with Crippen molar-refractivity contribution in [1.29, 1.82) is 0 Å². The first-order valence-electron chi connectivity index (χ1n) is 7.72. The van der Waals surface area contributed by atoms with Gasteiger partial charge in [0.25, 0.3) is 0 Å². The van der Waals surface area contributed by atoms with Crippen LogP contribution in [0.3, 0.4) is 0 Å². The molecule has 0 aliphatic carbocycles. The van der Waals surface area contributed by atoms with Gasteiger partial charge in [-0.2, -0.15) is 0 Å². The van der Waals surface area contributed by atoms with Crippen LogP contribution in [-0.2, 0) is 19.4 Å². The second-order valence-corrected chi connectivity index (χ2v) is 7.53. The number of thiophene rings is 1. The van der Waals surface area contributed by atoms with E-state index in [0.717, 1.165) is 38.4 Å². The van der Waals surface area contributed by atoms with Crippen molar-refractivity contribution in [3.05, 3.63) is 38.0 Å². The molecule has 0 atom stereocenters. The van der Waals surface area contributed by atoms with Gasteiger partial charge in [0, 0.05) is 40.3 Å². The van der Waals surface area contributed by atoms with Crippen molar-refractivity contribution in [2.24, 2.45) is 4.99 Å². The van der Waals surface area contributed by atoms with Crippen LogP contribution in [0.2, 0.25) is 0 Å². The molecule has 23 heavy (non-hydrogen) atoms. The van der Waals surface area contributed by atoms with Crippen molar-refractivity contribution in [2.45, 2.75) is 40.2 Å². The highest BCUT2D eigenvalue weighted by Gasteiger charge is 2.02. The zero-order valence-corrected chi connectivity index (χ0v) is 17.9. The summed E-state index contributed by atoms with van der Waals surface area (Å²) in [6.45, 7) is 8.81. The van der Waals surface area contributed by atoms with Crippen LogP contribution in [0, 0.1) is 6.92 Å². The number of halogens is 1. The Labute approximate surface area is 163 Å². The van der Waals surface area contributed by atoms with E-state index in [4.69, 9.17) is 0 Å². The van der Waals surface area contributed by atoms with E-state index in [9.17, 15) is 0 Å². The number of hydrogen-bond donors (Lipinski definition) is 2. The Morgan fingerprint density at radius 2 is 1.96 bits per heavy atom. The van der Waals surface area contributed by atoms with Gasteiger partial charge in [0.1, 0.15) is 0 Å². The van der Waals surface area contributed by atoms with Crippen molar-refractivity contribution in [2.75, 3.05) is 13.1 Å². The van der Waals surface area contributed by atoms with E-state index in [-0.39, 0.29) is 24.0 Å². The van der Waals surface area contributed by atoms with E-state index >= 15 is 0 Å². The van der Waals surface area contributed by atoms with E-state index in [1.165, 1.54) is 19.6 Å². The van der Waals surface area contributed by atoms with Gasteiger partial charge < -0.3 is 10.6 Å². The lowest BCUT2D eigenvalue weighted by Crippen LogP contribution is -2.38. The third kappa shape index (κ3) is 7.17. The summed E-state index contributed by atoms with van der Waals surface area (Å²) in [5.74, 6) is 0.877. The maximum absolute atomic E-state index is 4.66. The van der Waals surface area contributed by atoms with Crippen LogP contribution in [0.1, 0.15) is 33.5 Å². The van der Waals surface area contributed by atoms with Gasteiger partial charge in [0.2, 0.25) is 0 Å². The predicted molar refractivity (Wildman–Crippen MR) is 112 cm³/mol. The van der Waals surface area contributed by atoms with Crippen LogP contribution < -0.4 is 10.6 Å². The van der Waals surface area contributed by atoms with Crippen LogP contribution >= 0.6 is 46.7 Å². The summed E-state index contributed by atoms with van der Waals surface area (Å²) in [5, 5.41) is 7.84. The van der Waals surface area contributed by atoms with E-state index in [1.807, 2.05) is 17.5 Å². The molecular weight excluding hydrogens is 439 g/mol. The summed E-state index contributed by atoms with van der Waals surface area (Å²) >= 11 is 3.60. The van der Waals surface area contributed by atoms with Gasteiger partial charge in [0.15, 0.2) is 5.96 Å². The Kier molecular flexibility index (Phi) is 9.73. The van der Waals surface area contributed by atoms with Crippen molar-refractivity contribution in [3.8, 4) is 0 Å². The molecule has 2 N–H and O–H groups in total. The highest BCUT2D eigenvalue weighted by Crippen LogP contribution is 2.17. The lowest BCUT2D eigenvalue weighted by atomic mass is 10.4. The number of guanidine groups is 1. The summed E-state index contributed by atoms with van der Waals surface area (Å²) in [5.41, 5.74) is 0. The first-order chi connectivity index (χ1) is 10.7. The van der Waals surface area contributed by atoms with Crippen molar-refractivity contribution in [3.63, 3.8) is 0 Å². The molecule has 0 radical (unpaired) electrons. The summed E-state index contributed by atoms with van der Waals surface area (Å²) < 4.78 is 0. The Balaban J connectivity index is 0.00000264. The number of rotatable bonds is 7. The molecule has 0 spiro atoms. The minimum atomic E-state index is 0. The van der Waals surface area contributed by atoms with E-state index in [0.29, 0.717) is 0 Å². The molecular formula is C16H25IN4S2. The molecule has 2 heterocycles. The summed E-state index contributed by atoms with van der Waals surface area (Å²) in [6.07, 6.45) is 3.96. The first kappa shape index (κ1) is 20.4. The highest BCUT2D eigenvalue weighted by molar-refractivity contribution is 14.0. The summed E-state index contributed by atoms with van der Waals surface area (Å²) in [6, 6.07) is 4.37. The normalized spacial score (nSPS) is 11.2. The predicted octanol–water partition coefficient (Wildman–Crippen LogP) is 3.99. The van der Waals surface area contributed by atoms with E-state index < -0.39 is 0 Å². The second kappa shape index (κ2) is 11.0. The number of aryl methyl sites for hydroxylation is 2. The third-order valence-corrected chi connectivity index (χ3v) is 5.29. The molecule has 0 fully saturated rings. The number of aliphatic imine (C=N–C) groups is 1. The molecule has 0 saturated carbocycles. The maximum Gasteiger partial charge on any atom is 0.191 e. The Bertz CT molecular complexity index is 607. The van der Waals surface area contributed by atoms with E-state index in [1.54, 1.807) is 11.3 Å². The fourth-order valence-electron chi connectivity index (χ4n) is 2.00. The average Bonchev–Trinajstić information content (AvgIpc) is 3.13.